The highest BCUT2D eigenvalue weighted by Gasteiger charge is 2.43. The number of anilines is 1. The molecule has 2 aliphatic rings. The second-order valence-corrected chi connectivity index (χ2v) is 6.49. The van der Waals surface area contributed by atoms with Gasteiger partial charge in [-0.25, -0.2) is 9.97 Å². The molecule has 0 aliphatic carbocycles. The number of halogens is 3. The third-order valence-corrected chi connectivity index (χ3v) is 4.69. The molecule has 0 aromatic carbocycles. The zero-order valence-electron chi connectivity index (χ0n) is 14.4. The number of piperazine rings is 1. The summed E-state index contributed by atoms with van der Waals surface area (Å²) in [5.74, 6) is -0.165. The number of carbonyl (C=O) groups is 1. The largest absolute Gasteiger partial charge is 0.405 e. The number of nitrogens with one attached hydrogen (secondary N) is 2. The highest BCUT2D eigenvalue weighted by molar-refractivity contribution is 5.92. The topological polar surface area (TPSA) is 73.4 Å². The Hall–Kier alpha value is -1.94. The Morgan fingerprint density at radius 3 is 2.58 bits per heavy atom. The fraction of sp³-hybridized carbons (Fsp3) is 0.688. The van der Waals surface area contributed by atoms with Crippen molar-refractivity contribution in [3.63, 3.8) is 0 Å². The SMILES string of the molecule is O=C(NCC(N1CCNCC1)C(F)(F)F)c1ccnc(N2CCCC2)n1. The van der Waals surface area contributed by atoms with E-state index in [1.54, 1.807) is 0 Å². The average Bonchev–Trinajstić information content (AvgIpc) is 3.16. The van der Waals surface area contributed by atoms with Gasteiger partial charge < -0.3 is 15.5 Å². The van der Waals surface area contributed by atoms with Crippen LogP contribution in [0.15, 0.2) is 12.3 Å². The molecule has 2 fully saturated rings. The zero-order chi connectivity index (χ0) is 18.6. The van der Waals surface area contributed by atoms with Gasteiger partial charge in [0.05, 0.1) is 0 Å². The molecule has 144 valence electrons. The van der Waals surface area contributed by atoms with Crippen LogP contribution in [-0.2, 0) is 0 Å². The van der Waals surface area contributed by atoms with Crippen molar-refractivity contribution in [3.05, 3.63) is 18.0 Å². The quantitative estimate of drug-likeness (QED) is 0.791. The number of hydrogen-bond donors (Lipinski definition) is 2. The van der Waals surface area contributed by atoms with Crippen LogP contribution in [0.5, 0.6) is 0 Å². The molecule has 3 rings (SSSR count). The van der Waals surface area contributed by atoms with E-state index in [2.05, 4.69) is 20.6 Å². The Morgan fingerprint density at radius 2 is 1.92 bits per heavy atom. The molecule has 0 radical (unpaired) electrons. The van der Waals surface area contributed by atoms with Gasteiger partial charge in [0.25, 0.3) is 5.91 Å². The van der Waals surface area contributed by atoms with Crippen LogP contribution in [0.1, 0.15) is 23.3 Å². The minimum Gasteiger partial charge on any atom is -0.349 e. The van der Waals surface area contributed by atoms with E-state index < -0.39 is 24.7 Å². The smallest absolute Gasteiger partial charge is 0.349 e. The highest BCUT2D eigenvalue weighted by Crippen LogP contribution is 2.25. The molecule has 1 unspecified atom stereocenters. The molecule has 2 aliphatic heterocycles. The van der Waals surface area contributed by atoms with Gasteiger partial charge in [0.15, 0.2) is 0 Å². The summed E-state index contributed by atoms with van der Waals surface area (Å²) in [4.78, 5) is 24.0. The molecular weight excluding hydrogens is 349 g/mol. The lowest BCUT2D eigenvalue weighted by Gasteiger charge is -2.35. The van der Waals surface area contributed by atoms with Crippen molar-refractivity contribution in [2.24, 2.45) is 0 Å². The molecule has 1 aromatic heterocycles. The molecule has 3 heterocycles. The normalized spacial score (nSPS) is 20.2. The van der Waals surface area contributed by atoms with Crippen molar-refractivity contribution >= 4 is 11.9 Å². The van der Waals surface area contributed by atoms with Crippen molar-refractivity contribution < 1.29 is 18.0 Å². The van der Waals surface area contributed by atoms with Gasteiger partial charge >= 0.3 is 6.18 Å². The molecule has 0 saturated carbocycles. The predicted octanol–water partition coefficient (Wildman–Crippen LogP) is 0.643. The van der Waals surface area contributed by atoms with Gasteiger partial charge in [-0.2, -0.15) is 13.2 Å². The van der Waals surface area contributed by atoms with Crippen LogP contribution < -0.4 is 15.5 Å². The lowest BCUT2D eigenvalue weighted by atomic mass is 10.2. The molecule has 1 amide bonds. The van der Waals surface area contributed by atoms with Gasteiger partial charge in [-0.1, -0.05) is 0 Å². The van der Waals surface area contributed by atoms with E-state index in [0.717, 1.165) is 25.9 Å². The van der Waals surface area contributed by atoms with Gasteiger partial charge in [0, 0.05) is 52.0 Å². The van der Waals surface area contributed by atoms with E-state index in [1.165, 1.54) is 17.2 Å². The van der Waals surface area contributed by atoms with E-state index in [1.807, 2.05) is 4.90 Å². The van der Waals surface area contributed by atoms with Crippen molar-refractivity contribution in [2.45, 2.75) is 25.1 Å². The Labute approximate surface area is 150 Å². The first-order chi connectivity index (χ1) is 12.4. The van der Waals surface area contributed by atoms with Gasteiger partial charge in [0.2, 0.25) is 5.95 Å². The van der Waals surface area contributed by atoms with E-state index in [0.29, 0.717) is 32.1 Å². The first kappa shape index (κ1) is 18.8. The summed E-state index contributed by atoms with van der Waals surface area (Å²) < 4.78 is 40.1. The number of nitrogens with zero attached hydrogens (tertiary/aromatic N) is 4. The second-order valence-electron chi connectivity index (χ2n) is 6.49. The number of rotatable bonds is 5. The van der Waals surface area contributed by atoms with E-state index >= 15 is 0 Å². The van der Waals surface area contributed by atoms with E-state index in [9.17, 15) is 18.0 Å². The number of amides is 1. The summed E-state index contributed by atoms with van der Waals surface area (Å²) in [6.45, 7) is 2.76. The van der Waals surface area contributed by atoms with Crippen molar-refractivity contribution in [2.75, 3.05) is 50.7 Å². The standard InChI is InChI=1S/C16H23F3N6O/c17-16(18,19)13(24-9-5-20-6-10-24)11-22-14(26)12-3-4-21-15(23-12)25-7-1-2-8-25/h3-4,13,20H,1-2,5-11H2,(H,22,26). The first-order valence-corrected chi connectivity index (χ1v) is 8.83. The van der Waals surface area contributed by atoms with Crippen LogP contribution in [0, 0.1) is 0 Å². The molecule has 10 heteroatoms. The van der Waals surface area contributed by atoms with Crippen LogP contribution in [-0.4, -0.2) is 78.8 Å². The lowest BCUT2D eigenvalue weighted by Crippen LogP contribution is -2.57. The highest BCUT2D eigenvalue weighted by atomic mass is 19.4. The average molecular weight is 372 g/mol. The second kappa shape index (κ2) is 8.17. The molecule has 7 nitrogen and oxygen atoms in total. The summed E-state index contributed by atoms with van der Waals surface area (Å²) in [5.41, 5.74) is 0.0862. The minimum absolute atomic E-state index is 0.0862. The molecule has 1 atom stereocenters. The fourth-order valence-corrected chi connectivity index (χ4v) is 3.27. The minimum atomic E-state index is -4.41. The van der Waals surface area contributed by atoms with Crippen LogP contribution in [0.4, 0.5) is 19.1 Å². The monoisotopic (exact) mass is 372 g/mol. The fourth-order valence-electron chi connectivity index (χ4n) is 3.27. The molecule has 0 bridgehead atoms. The Bertz CT molecular complexity index is 614. The molecule has 1 aromatic rings. The molecule has 2 N–H and O–H groups in total. The summed E-state index contributed by atoms with van der Waals surface area (Å²) in [6.07, 6.45) is -0.862. The summed E-state index contributed by atoms with van der Waals surface area (Å²) in [5, 5.41) is 5.42. The van der Waals surface area contributed by atoms with Gasteiger partial charge in [-0.15, -0.1) is 0 Å². The number of aromatic nitrogens is 2. The van der Waals surface area contributed by atoms with Crippen LogP contribution in [0.3, 0.4) is 0 Å². The van der Waals surface area contributed by atoms with Crippen LogP contribution in [0.2, 0.25) is 0 Å². The number of alkyl halides is 3. The third-order valence-electron chi connectivity index (χ3n) is 4.69. The third kappa shape index (κ3) is 4.61. The maximum absolute atomic E-state index is 13.4. The molecular formula is C16H23F3N6O. The predicted molar refractivity (Wildman–Crippen MR) is 90.1 cm³/mol. The number of carbonyl (C=O) groups excluding carboxylic acids is 1. The van der Waals surface area contributed by atoms with Gasteiger partial charge in [0.1, 0.15) is 11.7 Å². The summed E-state index contributed by atoms with van der Waals surface area (Å²) in [7, 11) is 0. The first-order valence-electron chi connectivity index (χ1n) is 8.83. The van der Waals surface area contributed by atoms with E-state index in [-0.39, 0.29) is 5.69 Å². The van der Waals surface area contributed by atoms with Crippen LogP contribution in [0.25, 0.3) is 0 Å². The van der Waals surface area contributed by atoms with Crippen molar-refractivity contribution in [1.82, 2.24) is 25.5 Å². The summed E-state index contributed by atoms with van der Waals surface area (Å²) in [6, 6.07) is -0.282. The van der Waals surface area contributed by atoms with Gasteiger partial charge in [-0.05, 0) is 18.9 Å². The Morgan fingerprint density at radius 1 is 1.23 bits per heavy atom. The molecule has 2 saturated heterocycles. The molecule has 0 spiro atoms. The zero-order valence-corrected chi connectivity index (χ0v) is 14.4. The summed E-state index contributed by atoms with van der Waals surface area (Å²) >= 11 is 0. The number of hydrogen-bond acceptors (Lipinski definition) is 6. The van der Waals surface area contributed by atoms with Crippen molar-refractivity contribution in [3.8, 4) is 0 Å². The maximum atomic E-state index is 13.4. The Balaban J connectivity index is 1.63. The lowest BCUT2D eigenvalue weighted by molar-refractivity contribution is -0.183. The van der Waals surface area contributed by atoms with Crippen LogP contribution >= 0.6 is 0 Å². The van der Waals surface area contributed by atoms with Gasteiger partial charge in [-0.3, -0.25) is 9.69 Å². The maximum Gasteiger partial charge on any atom is 0.405 e. The van der Waals surface area contributed by atoms with Crippen molar-refractivity contribution in [1.29, 1.82) is 0 Å². The molecule has 26 heavy (non-hydrogen) atoms. The van der Waals surface area contributed by atoms with E-state index in [4.69, 9.17) is 0 Å². The Kier molecular flexibility index (Phi) is 5.92.